The fraction of sp³-hybridized carbons (Fsp3) is 0.500. The van der Waals surface area contributed by atoms with Crippen molar-refractivity contribution in [2.75, 3.05) is 6.26 Å². The second-order valence-electron chi connectivity index (χ2n) is 2.88. The summed E-state index contributed by atoms with van der Waals surface area (Å²) in [5.41, 5.74) is -2.70. The van der Waals surface area contributed by atoms with Gasteiger partial charge in [0.2, 0.25) is 0 Å². The Morgan fingerprint density at radius 3 is 2.14 bits per heavy atom. The highest BCUT2D eigenvalue weighted by Gasteiger charge is 2.37. The second-order valence-corrected chi connectivity index (χ2v) is 5.05. The van der Waals surface area contributed by atoms with Crippen molar-refractivity contribution in [3.05, 3.63) is 0 Å². The van der Waals surface area contributed by atoms with Gasteiger partial charge in [0.05, 0.1) is 6.42 Å². The maximum absolute atomic E-state index is 11.0. The molecule has 14 heavy (non-hydrogen) atoms. The Bertz CT molecular complexity index is 361. The van der Waals surface area contributed by atoms with Gasteiger partial charge in [0.15, 0.2) is 5.60 Å². The van der Waals surface area contributed by atoms with Gasteiger partial charge in [0.25, 0.3) is 0 Å². The summed E-state index contributed by atoms with van der Waals surface area (Å²) in [7, 11) is -3.14. The molecule has 2 atom stereocenters. The highest BCUT2D eigenvalue weighted by Crippen LogP contribution is 2.08. The van der Waals surface area contributed by atoms with Crippen LogP contribution in [0.3, 0.4) is 0 Å². The van der Waals surface area contributed by atoms with E-state index in [-0.39, 0.29) is 0 Å². The lowest BCUT2D eigenvalue weighted by Crippen LogP contribution is -2.45. The molecule has 0 spiro atoms. The maximum Gasteiger partial charge on any atom is 0.341 e. The van der Waals surface area contributed by atoms with Gasteiger partial charge in [-0.2, -0.15) is 0 Å². The molecule has 1 unspecified atom stereocenters. The van der Waals surface area contributed by atoms with Crippen molar-refractivity contribution >= 4 is 27.0 Å². The lowest BCUT2D eigenvalue weighted by molar-refractivity contribution is -0.157. The van der Waals surface area contributed by atoms with E-state index in [1.807, 2.05) is 0 Å². The van der Waals surface area contributed by atoms with E-state index in [0.29, 0.717) is 5.37 Å². The number of hydrogen-bond donors (Lipinski definition) is 4. The lowest BCUT2D eigenvalue weighted by Gasteiger charge is -2.17. The molecule has 0 bridgehead atoms. The summed E-state index contributed by atoms with van der Waals surface area (Å²) in [4.78, 5) is 20.7. The summed E-state index contributed by atoms with van der Waals surface area (Å²) in [6.45, 7) is 0. The molecule has 0 aromatic rings. The molecule has 0 heterocycles. The predicted molar refractivity (Wildman–Crippen MR) is 49.2 cm³/mol. The van der Waals surface area contributed by atoms with Crippen LogP contribution >= 0.6 is 0 Å². The molecular formula is C6H11NO6S. The fourth-order valence-electron chi connectivity index (χ4n) is 0.785. The minimum absolute atomic E-state index is 0.427. The standard InChI is InChI=1S/C6H11NO6S/c1-14(7,13)3-6(12,5(10)11)2-4(8)9/h3,12H,2H2,1H3,(H2,7,13)(H,8,9)(H,10,11)/t6-,14?/m0/s1. The molecule has 0 aliphatic heterocycles. The highest BCUT2D eigenvalue weighted by atomic mass is 32.2. The minimum atomic E-state index is -3.14. The molecule has 82 valence electrons. The summed E-state index contributed by atoms with van der Waals surface area (Å²) >= 11 is 0. The molecule has 0 aromatic heterocycles. The van der Waals surface area contributed by atoms with Crippen LogP contribution in [0.1, 0.15) is 6.42 Å². The van der Waals surface area contributed by atoms with Crippen molar-refractivity contribution in [1.29, 1.82) is 0 Å². The van der Waals surface area contributed by atoms with E-state index in [1.165, 1.54) is 0 Å². The van der Waals surface area contributed by atoms with Crippen molar-refractivity contribution in [1.82, 2.24) is 0 Å². The Morgan fingerprint density at radius 1 is 1.50 bits per heavy atom. The largest absolute Gasteiger partial charge is 0.481 e. The number of carboxylic acid groups (broad SMARTS) is 2. The molecule has 0 radical (unpaired) electrons. The van der Waals surface area contributed by atoms with Crippen molar-refractivity contribution in [2.45, 2.75) is 12.0 Å². The monoisotopic (exact) mass is 225 g/mol. The number of hydrogen-bond acceptors (Lipinski definition) is 4. The van der Waals surface area contributed by atoms with Gasteiger partial charge in [0.1, 0.15) is 0 Å². The summed E-state index contributed by atoms with van der Waals surface area (Å²) < 4.78 is 11.0. The Labute approximate surface area is 80.3 Å². The average Bonchev–Trinajstić information content (AvgIpc) is 1.79. The first-order chi connectivity index (χ1) is 6.07. The van der Waals surface area contributed by atoms with E-state index in [4.69, 9.17) is 15.4 Å². The first-order valence-corrected chi connectivity index (χ1v) is 5.46. The van der Waals surface area contributed by atoms with Crippen LogP contribution in [0.4, 0.5) is 0 Å². The summed E-state index contributed by atoms with van der Waals surface area (Å²) in [5.74, 6) is -3.34. The third kappa shape index (κ3) is 4.21. The zero-order valence-electron chi connectivity index (χ0n) is 7.34. The zero-order chi connectivity index (χ0) is 11.6. The van der Waals surface area contributed by atoms with E-state index in [1.54, 1.807) is 0 Å². The zero-order valence-corrected chi connectivity index (χ0v) is 8.15. The molecule has 0 aliphatic rings. The Morgan fingerprint density at radius 2 is 1.93 bits per heavy atom. The van der Waals surface area contributed by atoms with Crippen LogP contribution in [0.15, 0.2) is 0 Å². The topological polar surface area (TPSA) is 138 Å². The van der Waals surface area contributed by atoms with Crippen LogP contribution in [0, 0.1) is 0 Å². The molecule has 0 rings (SSSR count). The van der Waals surface area contributed by atoms with E-state index < -0.39 is 33.7 Å². The first-order valence-electron chi connectivity index (χ1n) is 3.37. The van der Waals surface area contributed by atoms with Gasteiger partial charge in [-0.3, -0.25) is 14.1 Å². The highest BCUT2D eigenvalue weighted by molar-refractivity contribution is 7.98. The number of carbonyl (C=O) groups is 2. The van der Waals surface area contributed by atoms with Crippen LogP contribution in [0.25, 0.3) is 0 Å². The molecule has 5 N–H and O–H groups in total. The Balaban J connectivity index is 5.24. The normalized spacial score (nSPS) is 19.1. The van der Waals surface area contributed by atoms with Gasteiger partial charge >= 0.3 is 11.9 Å². The van der Waals surface area contributed by atoms with Gasteiger partial charge in [-0.15, -0.1) is 0 Å². The summed E-state index contributed by atoms with van der Waals surface area (Å²) in [6.07, 6.45) is -0.104. The molecule has 0 saturated carbocycles. The average molecular weight is 225 g/mol. The van der Waals surface area contributed by atoms with E-state index in [0.717, 1.165) is 6.26 Å². The Hall–Kier alpha value is -1.12. The van der Waals surface area contributed by atoms with Crippen molar-refractivity contribution in [3.8, 4) is 0 Å². The van der Waals surface area contributed by atoms with Gasteiger partial charge < -0.3 is 15.3 Å². The van der Waals surface area contributed by atoms with Crippen LogP contribution < -0.4 is 5.14 Å². The smallest absolute Gasteiger partial charge is 0.341 e. The third-order valence-electron chi connectivity index (χ3n) is 1.22. The molecule has 0 aromatic carbocycles. The van der Waals surface area contributed by atoms with E-state index in [2.05, 4.69) is 0 Å². The first kappa shape index (κ1) is 12.9. The molecular weight excluding hydrogens is 214 g/mol. The Kier molecular flexibility index (Phi) is 3.63. The predicted octanol–water partition coefficient (Wildman–Crippen LogP) is -2.13. The van der Waals surface area contributed by atoms with Crippen LogP contribution in [-0.2, 0) is 19.3 Å². The second kappa shape index (κ2) is 3.95. The quantitative estimate of drug-likeness (QED) is 0.403. The van der Waals surface area contributed by atoms with Gasteiger partial charge in [-0.25, -0.2) is 4.79 Å². The van der Waals surface area contributed by atoms with Gasteiger partial charge in [-0.05, 0) is 0 Å². The minimum Gasteiger partial charge on any atom is -0.481 e. The van der Waals surface area contributed by atoms with E-state index >= 15 is 0 Å². The van der Waals surface area contributed by atoms with Crippen molar-refractivity contribution < 1.29 is 29.1 Å². The SMILES string of the molecule is CS(N)(=O)=C[C@@](O)(CC(=O)O)C(=O)O. The van der Waals surface area contributed by atoms with E-state index in [9.17, 15) is 18.9 Å². The van der Waals surface area contributed by atoms with Crippen LogP contribution in [-0.4, -0.2) is 48.7 Å². The van der Waals surface area contributed by atoms with Crippen LogP contribution in [0.2, 0.25) is 0 Å². The van der Waals surface area contributed by atoms with Crippen molar-refractivity contribution in [2.24, 2.45) is 5.14 Å². The molecule has 0 aliphatic carbocycles. The van der Waals surface area contributed by atoms with Gasteiger partial charge in [-0.1, -0.05) is 0 Å². The number of aliphatic carboxylic acids is 2. The number of aliphatic hydroxyl groups is 1. The molecule has 8 heteroatoms. The third-order valence-corrected chi connectivity index (χ3v) is 2.08. The fourth-order valence-corrected chi connectivity index (χ4v) is 1.74. The molecule has 7 nitrogen and oxygen atoms in total. The summed E-state index contributed by atoms with van der Waals surface area (Å²) in [6, 6.07) is 0. The van der Waals surface area contributed by atoms with Gasteiger partial charge in [0, 0.05) is 21.3 Å². The van der Waals surface area contributed by atoms with Crippen molar-refractivity contribution in [3.63, 3.8) is 0 Å². The lowest BCUT2D eigenvalue weighted by atomic mass is 10.0. The molecule has 0 saturated heterocycles. The summed E-state index contributed by atoms with van der Waals surface area (Å²) in [5, 5.41) is 31.6. The maximum atomic E-state index is 11.0. The molecule has 0 amide bonds. The number of nitrogens with two attached hydrogens (primary N) is 1. The molecule has 0 fully saturated rings. The van der Waals surface area contributed by atoms with Crippen LogP contribution in [0.5, 0.6) is 0 Å². The number of carboxylic acids is 2. The number of rotatable bonds is 4.